The summed E-state index contributed by atoms with van der Waals surface area (Å²) in [6, 6.07) is -0.543. The number of nitrogens with one attached hydrogen (secondary N) is 1. The molecule has 468 valence electrons. The maximum absolute atomic E-state index is 12.6. The topological polar surface area (TPSA) is 95.9 Å². The van der Waals surface area contributed by atoms with Crippen LogP contribution in [-0.4, -0.2) is 47.4 Å². The number of aliphatic hydroxyl groups excluding tert-OH is 2. The summed E-state index contributed by atoms with van der Waals surface area (Å²) >= 11 is 0. The van der Waals surface area contributed by atoms with E-state index in [-0.39, 0.29) is 18.5 Å². The number of hydrogen-bond donors (Lipinski definition) is 3. The molecular formula is C73H141NO5. The average molecular weight is 1110 g/mol. The van der Waals surface area contributed by atoms with Crippen molar-refractivity contribution >= 4 is 11.9 Å². The van der Waals surface area contributed by atoms with Crippen LogP contribution in [0.4, 0.5) is 0 Å². The first-order chi connectivity index (χ1) is 39.0. The Labute approximate surface area is 494 Å². The summed E-state index contributed by atoms with van der Waals surface area (Å²) in [5.41, 5.74) is 0. The lowest BCUT2D eigenvalue weighted by atomic mass is 10.0. The monoisotopic (exact) mass is 1110 g/mol. The van der Waals surface area contributed by atoms with Gasteiger partial charge in [-0.25, -0.2) is 0 Å². The SMILES string of the molecule is CCCCC/C=C\C/C=C\CCCCCCCC(=O)OCCCCCCCCCCCCCCCCCCCCCCCCCC(=O)NC(CO)C(O)CCCCCCCCCCCCCCCCCCCCCCCCCC. The van der Waals surface area contributed by atoms with Gasteiger partial charge in [-0.15, -0.1) is 0 Å². The van der Waals surface area contributed by atoms with Crippen LogP contribution in [0.15, 0.2) is 24.3 Å². The number of rotatable bonds is 68. The standard InChI is InChI=1S/C73H141NO5/c1-3-5-7-9-11-13-15-17-19-20-21-22-23-25-28-31-34-38-41-45-49-53-57-61-65-71(76)70(69-75)74-72(77)66-62-58-54-50-46-42-39-35-32-29-26-24-27-30-33-36-40-44-48-52-56-60-64-68-79-73(78)67-63-59-55-51-47-43-37-18-16-14-12-10-8-6-4-2/h12,14,18,37,70-71,75-76H,3-11,13,15-17,19-36,38-69H2,1-2H3,(H,74,77)/b14-12-,37-18-. The van der Waals surface area contributed by atoms with Gasteiger partial charge < -0.3 is 20.3 Å². The molecule has 2 atom stereocenters. The predicted octanol–water partition coefficient (Wildman–Crippen LogP) is 23.3. The summed E-state index contributed by atoms with van der Waals surface area (Å²) in [7, 11) is 0. The Morgan fingerprint density at radius 2 is 0.633 bits per heavy atom. The van der Waals surface area contributed by atoms with Gasteiger partial charge in [-0.1, -0.05) is 359 Å². The summed E-state index contributed by atoms with van der Waals surface area (Å²) in [4.78, 5) is 24.6. The molecule has 0 aliphatic heterocycles. The Morgan fingerprint density at radius 3 is 0.987 bits per heavy atom. The quantitative estimate of drug-likeness (QED) is 0.0320. The summed E-state index contributed by atoms with van der Waals surface area (Å²) < 4.78 is 5.49. The van der Waals surface area contributed by atoms with Gasteiger partial charge in [0.2, 0.25) is 5.91 Å². The van der Waals surface area contributed by atoms with Gasteiger partial charge in [0.05, 0.1) is 25.4 Å². The first-order valence-electron chi connectivity index (χ1n) is 36.1. The second-order valence-corrected chi connectivity index (χ2v) is 24.9. The fourth-order valence-corrected chi connectivity index (χ4v) is 11.5. The number of esters is 1. The van der Waals surface area contributed by atoms with Crippen LogP contribution >= 0.6 is 0 Å². The molecular weight excluding hydrogens is 971 g/mol. The van der Waals surface area contributed by atoms with Crippen molar-refractivity contribution in [1.29, 1.82) is 0 Å². The van der Waals surface area contributed by atoms with Crippen LogP contribution in [0.2, 0.25) is 0 Å². The van der Waals surface area contributed by atoms with Crippen LogP contribution in [0.3, 0.4) is 0 Å². The first kappa shape index (κ1) is 77.3. The highest BCUT2D eigenvalue weighted by atomic mass is 16.5. The van der Waals surface area contributed by atoms with E-state index in [1.54, 1.807) is 0 Å². The van der Waals surface area contributed by atoms with Gasteiger partial charge in [-0.3, -0.25) is 9.59 Å². The minimum atomic E-state index is -0.666. The number of aliphatic hydroxyl groups is 2. The second kappa shape index (κ2) is 68.8. The predicted molar refractivity (Wildman–Crippen MR) is 347 cm³/mol. The lowest BCUT2D eigenvalue weighted by Gasteiger charge is -2.22. The number of ether oxygens (including phenoxy) is 1. The van der Waals surface area contributed by atoms with Gasteiger partial charge in [0.25, 0.3) is 0 Å². The summed E-state index contributed by atoms with van der Waals surface area (Å²) in [6.07, 6.45) is 86.5. The first-order valence-corrected chi connectivity index (χ1v) is 36.1. The Hall–Kier alpha value is -1.66. The van der Waals surface area contributed by atoms with E-state index in [0.29, 0.717) is 25.9 Å². The van der Waals surface area contributed by atoms with Crippen molar-refractivity contribution in [2.45, 2.75) is 418 Å². The second-order valence-electron chi connectivity index (χ2n) is 24.9. The van der Waals surface area contributed by atoms with Crippen LogP contribution in [0, 0.1) is 0 Å². The van der Waals surface area contributed by atoms with Gasteiger partial charge >= 0.3 is 5.97 Å². The molecule has 0 spiro atoms. The summed E-state index contributed by atoms with van der Waals surface area (Å²) in [5, 5.41) is 23.5. The minimum absolute atomic E-state index is 0.00143. The zero-order valence-corrected chi connectivity index (χ0v) is 53.6. The maximum Gasteiger partial charge on any atom is 0.305 e. The largest absolute Gasteiger partial charge is 0.466 e. The Kier molecular flexibility index (Phi) is 67.4. The fourth-order valence-electron chi connectivity index (χ4n) is 11.5. The molecule has 2 unspecified atom stereocenters. The molecule has 0 aliphatic carbocycles. The number of allylic oxidation sites excluding steroid dienone is 4. The van der Waals surface area contributed by atoms with Gasteiger partial charge in [-0.05, 0) is 57.8 Å². The lowest BCUT2D eigenvalue weighted by molar-refractivity contribution is -0.143. The third-order valence-electron chi connectivity index (χ3n) is 17.0. The molecule has 0 aromatic rings. The highest BCUT2D eigenvalue weighted by Crippen LogP contribution is 2.19. The van der Waals surface area contributed by atoms with Gasteiger partial charge in [0.15, 0.2) is 0 Å². The molecule has 0 rings (SSSR count). The molecule has 0 radical (unpaired) electrons. The molecule has 6 nitrogen and oxygen atoms in total. The molecule has 0 fully saturated rings. The fraction of sp³-hybridized carbons (Fsp3) is 0.918. The van der Waals surface area contributed by atoms with Crippen molar-refractivity contribution in [3.8, 4) is 0 Å². The summed E-state index contributed by atoms with van der Waals surface area (Å²) in [6.45, 7) is 4.96. The smallest absolute Gasteiger partial charge is 0.305 e. The third-order valence-corrected chi connectivity index (χ3v) is 17.0. The zero-order chi connectivity index (χ0) is 57.1. The van der Waals surface area contributed by atoms with Crippen molar-refractivity contribution < 1.29 is 24.5 Å². The van der Waals surface area contributed by atoms with E-state index in [4.69, 9.17) is 4.74 Å². The number of unbranched alkanes of at least 4 members (excludes halogenated alkanes) is 53. The zero-order valence-electron chi connectivity index (χ0n) is 53.6. The van der Waals surface area contributed by atoms with E-state index < -0.39 is 12.1 Å². The van der Waals surface area contributed by atoms with Crippen LogP contribution < -0.4 is 5.32 Å². The summed E-state index contributed by atoms with van der Waals surface area (Å²) in [5.74, 6) is -0.0282. The molecule has 79 heavy (non-hydrogen) atoms. The molecule has 0 bridgehead atoms. The number of carbonyl (C=O) groups excluding carboxylic acids is 2. The molecule has 0 heterocycles. The van der Waals surface area contributed by atoms with Crippen molar-refractivity contribution in [3.05, 3.63) is 24.3 Å². The van der Waals surface area contributed by atoms with Gasteiger partial charge in [0.1, 0.15) is 0 Å². The minimum Gasteiger partial charge on any atom is -0.466 e. The maximum atomic E-state index is 12.6. The van der Waals surface area contributed by atoms with E-state index in [0.717, 1.165) is 51.4 Å². The molecule has 0 aromatic carbocycles. The van der Waals surface area contributed by atoms with Crippen LogP contribution in [0.1, 0.15) is 406 Å². The van der Waals surface area contributed by atoms with Crippen molar-refractivity contribution in [2.75, 3.05) is 13.2 Å². The Bertz CT molecular complexity index is 1230. The highest BCUT2D eigenvalue weighted by Gasteiger charge is 2.20. The van der Waals surface area contributed by atoms with E-state index in [1.807, 2.05) is 0 Å². The molecule has 0 aliphatic rings. The molecule has 0 saturated carbocycles. The van der Waals surface area contributed by atoms with E-state index >= 15 is 0 Å². The molecule has 1 amide bonds. The van der Waals surface area contributed by atoms with Gasteiger partial charge in [-0.2, -0.15) is 0 Å². The molecule has 0 saturated heterocycles. The van der Waals surface area contributed by atoms with Crippen LogP contribution in [0.5, 0.6) is 0 Å². The Balaban J connectivity index is 3.38. The van der Waals surface area contributed by atoms with Crippen molar-refractivity contribution in [3.63, 3.8) is 0 Å². The van der Waals surface area contributed by atoms with E-state index in [1.165, 1.54) is 321 Å². The van der Waals surface area contributed by atoms with E-state index in [9.17, 15) is 19.8 Å². The van der Waals surface area contributed by atoms with E-state index in [2.05, 4.69) is 43.5 Å². The number of carbonyl (C=O) groups is 2. The number of hydrogen-bond acceptors (Lipinski definition) is 5. The van der Waals surface area contributed by atoms with Crippen LogP contribution in [0.25, 0.3) is 0 Å². The van der Waals surface area contributed by atoms with Crippen molar-refractivity contribution in [2.24, 2.45) is 0 Å². The van der Waals surface area contributed by atoms with Gasteiger partial charge in [0, 0.05) is 12.8 Å². The molecule has 3 N–H and O–H groups in total. The average Bonchev–Trinajstić information content (AvgIpc) is 3.45. The Morgan fingerprint density at radius 1 is 0.354 bits per heavy atom. The molecule has 0 aromatic heterocycles. The lowest BCUT2D eigenvalue weighted by Crippen LogP contribution is -2.45. The highest BCUT2D eigenvalue weighted by molar-refractivity contribution is 5.76. The third kappa shape index (κ3) is 65.4. The molecule has 6 heteroatoms. The normalized spacial score (nSPS) is 12.6. The van der Waals surface area contributed by atoms with Crippen molar-refractivity contribution in [1.82, 2.24) is 5.32 Å². The number of amides is 1. The van der Waals surface area contributed by atoms with Crippen LogP contribution in [-0.2, 0) is 14.3 Å².